The molecule has 188 valence electrons. The standard InChI is InChI=1S/C20H25N6O8P/c1-2-31-19(29)15(12-3-5-13(27)6-4-12)23-10-35(30)33-7-14(8-34-35)32-11-26-9-22-16-17(26)24-20(21)25-18(16)28/h3-6,9,14-15,23,27H,2,7-8,10-11H2,1H3,(H3,21,24,25,28). The predicted molar refractivity (Wildman–Crippen MR) is 122 cm³/mol. The molecule has 1 atom stereocenters. The van der Waals surface area contributed by atoms with Crippen molar-refractivity contribution in [3.63, 3.8) is 0 Å². The summed E-state index contributed by atoms with van der Waals surface area (Å²) in [6.07, 6.45) is 0.596. The first-order chi connectivity index (χ1) is 16.8. The van der Waals surface area contributed by atoms with Gasteiger partial charge in [-0.3, -0.25) is 24.2 Å². The molecule has 0 amide bonds. The van der Waals surface area contributed by atoms with Crippen LogP contribution < -0.4 is 16.6 Å². The summed E-state index contributed by atoms with van der Waals surface area (Å²) in [5, 5.41) is 12.4. The third kappa shape index (κ3) is 5.86. The molecular formula is C20H25N6O8P. The first-order valence-corrected chi connectivity index (χ1v) is 12.4. The minimum absolute atomic E-state index is 0.0158. The van der Waals surface area contributed by atoms with Gasteiger partial charge in [-0.05, 0) is 24.6 Å². The number of phenols is 1. The number of ether oxygens (including phenoxy) is 2. The van der Waals surface area contributed by atoms with E-state index in [4.69, 9.17) is 24.3 Å². The molecule has 3 heterocycles. The van der Waals surface area contributed by atoms with Gasteiger partial charge in [-0.2, -0.15) is 4.98 Å². The second-order valence-corrected chi connectivity index (χ2v) is 9.65. The Hall–Kier alpha value is -3.29. The Balaban J connectivity index is 1.33. The number of carbonyl (C=O) groups excluding carboxylic acids is 1. The van der Waals surface area contributed by atoms with Gasteiger partial charge in [0.2, 0.25) is 5.95 Å². The van der Waals surface area contributed by atoms with Gasteiger partial charge in [0.1, 0.15) is 24.6 Å². The molecule has 2 aromatic heterocycles. The van der Waals surface area contributed by atoms with Gasteiger partial charge in [-0.15, -0.1) is 0 Å². The molecule has 4 rings (SSSR count). The molecule has 15 heteroatoms. The molecule has 1 aliphatic heterocycles. The zero-order valence-corrected chi connectivity index (χ0v) is 19.6. The number of hydrogen-bond acceptors (Lipinski definition) is 12. The number of benzene rings is 1. The summed E-state index contributed by atoms with van der Waals surface area (Å²) in [5.41, 5.74) is 6.03. The molecule has 1 unspecified atom stereocenters. The Morgan fingerprint density at radius 2 is 2.09 bits per heavy atom. The first-order valence-electron chi connectivity index (χ1n) is 10.7. The number of carbonyl (C=O) groups is 1. The van der Waals surface area contributed by atoms with Gasteiger partial charge in [-0.25, -0.2) is 9.78 Å². The minimum Gasteiger partial charge on any atom is -0.508 e. The lowest BCUT2D eigenvalue weighted by atomic mass is 10.1. The fourth-order valence-corrected chi connectivity index (χ4v) is 4.80. The van der Waals surface area contributed by atoms with Crippen LogP contribution >= 0.6 is 7.60 Å². The highest BCUT2D eigenvalue weighted by Crippen LogP contribution is 2.50. The summed E-state index contributed by atoms with van der Waals surface area (Å²) in [7, 11) is -3.57. The SMILES string of the molecule is CCOC(=O)C(NCP1(=O)OCC(OCn2cnc3c(=O)[nH]c(N)nc32)CO1)c1ccc(O)cc1. The Kier molecular flexibility index (Phi) is 7.48. The van der Waals surface area contributed by atoms with Crippen LogP contribution in [0.3, 0.4) is 0 Å². The second kappa shape index (κ2) is 10.5. The van der Waals surface area contributed by atoms with E-state index in [2.05, 4.69) is 20.3 Å². The van der Waals surface area contributed by atoms with E-state index in [1.165, 1.54) is 23.0 Å². The van der Waals surface area contributed by atoms with E-state index in [0.717, 1.165) is 0 Å². The highest BCUT2D eigenvalue weighted by molar-refractivity contribution is 7.53. The minimum atomic E-state index is -3.57. The summed E-state index contributed by atoms with van der Waals surface area (Å²) in [4.78, 5) is 34.7. The molecule has 0 spiro atoms. The quantitative estimate of drug-likeness (QED) is 0.235. The largest absolute Gasteiger partial charge is 0.508 e. The smallest absolute Gasteiger partial charge is 0.344 e. The molecule has 1 fully saturated rings. The summed E-state index contributed by atoms with van der Waals surface area (Å²) in [5.74, 6) is -0.567. The fraction of sp³-hybridized carbons (Fsp3) is 0.400. The lowest BCUT2D eigenvalue weighted by Gasteiger charge is -2.30. The monoisotopic (exact) mass is 508 g/mol. The molecule has 1 aromatic carbocycles. The van der Waals surface area contributed by atoms with Crippen LogP contribution in [-0.2, 0) is 34.6 Å². The van der Waals surface area contributed by atoms with Crippen molar-refractivity contribution in [2.45, 2.75) is 25.8 Å². The molecule has 1 aliphatic rings. The second-order valence-electron chi connectivity index (χ2n) is 7.60. The molecule has 0 aliphatic carbocycles. The average Bonchev–Trinajstić information content (AvgIpc) is 3.23. The van der Waals surface area contributed by atoms with Crippen molar-refractivity contribution < 1.29 is 33.0 Å². The maximum Gasteiger partial charge on any atom is 0.344 e. The van der Waals surface area contributed by atoms with Gasteiger partial charge in [0, 0.05) is 0 Å². The maximum atomic E-state index is 13.0. The lowest BCUT2D eigenvalue weighted by molar-refractivity contribution is -0.145. The molecule has 1 saturated heterocycles. The number of nitrogens with two attached hydrogens (primary N) is 1. The number of H-pyrrole nitrogens is 1. The number of nitrogens with one attached hydrogen (secondary N) is 2. The molecule has 3 aromatic rings. The molecule has 14 nitrogen and oxygen atoms in total. The van der Waals surface area contributed by atoms with Crippen LogP contribution in [0.15, 0.2) is 35.4 Å². The maximum absolute atomic E-state index is 13.0. The van der Waals surface area contributed by atoms with Gasteiger partial charge in [0.25, 0.3) is 5.56 Å². The molecule has 0 bridgehead atoms. The van der Waals surface area contributed by atoms with E-state index in [9.17, 15) is 19.3 Å². The van der Waals surface area contributed by atoms with Crippen molar-refractivity contribution in [1.29, 1.82) is 0 Å². The van der Waals surface area contributed by atoms with E-state index in [1.807, 2.05) is 0 Å². The Morgan fingerprint density at radius 1 is 1.37 bits per heavy atom. The predicted octanol–water partition coefficient (Wildman–Crippen LogP) is 0.841. The number of anilines is 1. The van der Waals surface area contributed by atoms with Crippen LogP contribution in [0.5, 0.6) is 5.75 Å². The van der Waals surface area contributed by atoms with Crippen LogP contribution in [0.25, 0.3) is 11.2 Å². The third-order valence-electron chi connectivity index (χ3n) is 5.09. The number of aromatic amines is 1. The lowest BCUT2D eigenvalue weighted by Crippen LogP contribution is -2.35. The van der Waals surface area contributed by atoms with Crippen molar-refractivity contribution in [1.82, 2.24) is 24.8 Å². The van der Waals surface area contributed by atoms with Crippen LogP contribution in [0.2, 0.25) is 0 Å². The normalized spacial score (nSPS) is 21.1. The van der Waals surface area contributed by atoms with Crippen molar-refractivity contribution >= 4 is 30.7 Å². The first kappa shape index (κ1) is 24.8. The van der Waals surface area contributed by atoms with Gasteiger partial charge in [-0.1, -0.05) is 12.1 Å². The highest BCUT2D eigenvalue weighted by atomic mass is 31.2. The molecule has 35 heavy (non-hydrogen) atoms. The fourth-order valence-electron chi connectivity index (χ4n) is 3.35. The van der Waals surface area contributed by atoms with E-state index in [1.54, 1.807) is 19.1 Å². The van der Waals surface area contributed by atoms with Crippen molar-refractivity contribution in [2.24, 2.45) is 0 Å². The number of fused-ring (bicyclic) bond motifs is 1. The van der Waals surface area contributed by atoms with Gasteiger partial charge in [0.05, 0.1) is 32.4 Å². The number of hydrogen-bond donors (Lipinski definition) is 4. The number of aromatic hydroxyl groups is 1. The van der Waals surface area contributed by atoms with Crippen LogP contribution in [0, 0.1) is 0 Å². The molecule has 0 radical (unpaired) electrons. The zero-order chi connectivity index (χ0) is 25.0. The number of rotatable bonds is 9. The zero-order valence-electron chi connectivity index (χ0n) is 18.7. The van der Waals surface area contributed by atoms with Crippen molar-refractivity contribution in [3.8, 4) is 5.75 Å². The van der Waals surface area contributed by atoms with Crippen LogP contribution in [0.1, 0.15) is 18.5 Å². The Morgan fingerprint density at radius 3 is 2.77 bits per heavy atom. The topological polar surface area (TPSA) is 193 Å². The molecule has 0 saturated carbocycles. The number of nitrogens with zero attached hydrogens (tertiary/aromatic N) is 3. The molecule has 5 N–H and O–H groups in total. The summed E-state index contributed by atoms with van der Waals surface area (Å²) in [6.45, 7) is 1.78. The van der Waals surface area contributed by atoms with Crippen LogP contribution in [-0.4, -0.2) is 62.8 Å². The summed E-state index contributed by atoms with van der Waals surface area (Å²) < 4.78 is 36.2. The summed E-state index contributed by atoms with van der Waals surface area (Å²) >= 11 is 0. The number of imidazole rings is 1. The third-order valence-corrected chi connectivity index (χ3v) is 6.75. The number of nitrogen functional groups attached to an aromatic ring is 1. The highest BCUT2D eigenvalue weighted by Gasteiger charge is 2.35. The van der Waals surface area contributed by atoms with E-state index >= 15 is 0 Å². The van der Waals surface area contributed by atoms with Crippen molar-refractivity contribution in [2.75, 3.05) is 31.8 Å². The van der Waals surface area contributed by atoms with E-state index in [-0.39, 0.29) is 55.7 Å². The van der Waals surface area contributed by atoms with Crippen LogP contribution in [0.4, 0.5) is 5.95 Å². The van der Waals surface area contributed by atoms with Gasteiger partial charge in [0.15, 0.2) is 11.2 Å². The average molecular weight is 508 g/mol. The Bertz CT molecular complexity index is 1280. The van der Waals surface area contributed by atoms with Crippen molar-refractivity contribution in [3.05, 3.63) is 46.5 Å². The van der Waals surface area contributed by atoms with Gasteiger partial charge < -0.3 is 29.4 Å². The van der Waals surface area contributed by atoms with Gasteiger partial charge >= 0.3 is 13.6 Å². The number of esters is 1. The Labute approximate surface area is 198 Å². The number of phenolic OH excluding ortho intramolecular Hbond substituents is 1. The number of aromatic nitrogens is 4. The van der Waals surface area contributed by atoms with E-state index in [0.29, 0.717) is 5.56 Å². The summed E-state index contributed by atoms with van der Waals surface area (Å²) in [6, 6.07) is 5.06. The van der Waals surface area contributed by atoms with E-state index < -0.39 is 31.3 Å². The molecular weight excluding hydrogens is 483 g/mol.